The molecule has 1 aromatic carbocycles. The van der Waals surface area contributed by atoms with Gasteiger partial charge in [0.05, 0.1) is 11.9 Å². The van der Waals surface area contributed by atoms with Gasteiger partial charge >= 0.3 is 6.55 Å². The van der Waals surface area contributed by atoms with Crippen LogP contribution in [0.1, 0.15) is 6.55 Å². The van der Waals surface area contributed by atoms with E-state index >= 15 is 0 Å². The zero-order valence-corrected chi connectivity index (χ0v) is 9.03. The first-order valence-electron chi connectivity index (χ1n) is 4.13. The van der Waals surface area contributed by atoms with Gasteiger partial charge in [0.2, 0.25) is 0 Å². The molecule has 0 unspecified atom stereocenters. The molecule has 0 atom stereocenters. The minimum absolute atomic E-state index is 0.298. The van der Waals surface area contributed by atoms with Gasteiger partial charge in [0.1, 0.15) is 0 Å². The summed E-state index contributed by atoms with van der Waals surface area (Å²) in [6.07, 6.45) is 1.31. The number of hydrogen-bond acceptors (Lipinski definition) is 2. The Morgan fingerprint density at radius 3 is 2.80 bits per heavy atom. The van der Waals surface area contributed by atoms with Crippen molar-refractivity contribution in [3.8, 4) is 11.3 Å². The van der Waals surface area contributed by atoms with Crippen LogP contribution < -0.4 is 0 Å². The molecule has 0 amide bonds. The smallest absolute Gasteiger partial charge is 0.184 e. The molecule has 0 N–H and O–H groups in total. The highest BCUT2D eigenvalue weighted by molar-refractivity contribution is 9.10. The molecule has 78 valence electrons. The van der Waals surface area contributed by atoms with Crippen molar-refractivity contribution in [2.75, 3.05) is 0 Å². The average molecular weight is 274 g/mol. The number of hydrogen-bond donors (Lipinski definition) is 0. The molecule has 6 heteroatoms. The van der Waals surface area contributed by atoms with Gasteiger partial charge in [0.15, 0.2) is 0 Å². The van der Waals surface area contributed by atoms with Crippen LogP contribution in [0.3, 0.4) is 0 Å². The predicted molar refractivity (Wildman–Crippen MR) is 54.4 cm³/mol. The van der Waals surface area contributed by atoms with E-state index in [9.17, 15) is 8.78 Å². The summed E-state index contributed by atoms with van der Waals surface area (Å²) in [5.41, 5.74) is 0.945. The molecule has 0 saturated carbocycles. The lowest BCUT2D eigenvalue weighted by atomic mass is 10.2. The zero-order valence-electron chi connectivity index (χ0n) is 7.44. The Labute approximate surface area is 92.8 Å². The van der Waals surface area contributed by atoms with Crippen molar-refractivity contribution in [1.82, 2.24) is 15.0 Å². The SMILES string of the molecule is FC(F)n1nncc1-c1cccc(Br)c1. The van der Waals surface area contributed by atoms with E-state index in [-0.39, 0.29) is 0 Å². The quantitative estimate of drug-likeness (QED) is 0.842. The Hall–Kier alpha value is -1.30. The molecule has 0 bridgehead atoms. The van der Waals surface area contributed by atoms with Crippen molar-refractivity contribution >= 4 is 15.9 Å². The first kappa shape index (κ1) is 10.2. The summed E-state index contributed by atoms with van der Waals surface area (Å²) < 4.78 is 26.4. The average Bonchev–Trinajstić information content (AvgIpc) is 2.65. The van der Waals surface area contributed by atoms with Crippen molar-refractivity contribution in [2.45, 2.75) is 6.55 Å². The molecule has 0 spiro atoms. The summed E-state index contributed by atoms with van der Waals surface area (Å²) >= 11 is 3.27. The van der Waals surface area contributed by atoms with E-state index in [1.807, 2.05) is 6.07 Å². The number of benzene rings is 1. The standard InChI is InChI=1S/C9H6BrF2N3/c10-7-3-1-2-6(4-7)8-5-13-14-15(8)9(11)12/h1-5,9H. The number of aromatic nitrogens is 3. The molecule has 0 fully saturated rings. The lowest BCUT2D eigenvalue weighted by molar-refractivity contribution is 0.0565. The van der Waals surface area contributed by atoms with E-state index in [1.54, 1.807) is 18.2 Å². The highest BCUT2D eigenvalue weighted by atomic mass is 79.9. The number of halogens is 3. The number of rotatable bonds is 2. The minimum Gasteiger partial charge on any atom is -0.184 e. The zero-order chi connectivity index (χ0) is 10.8. The van der Waals surface area contributed by atoms with Crippen molar-refractivity contribution in [3.05, 3.63) is 34.9 Å². The largest absolute Gasteiger partial charge is 0.335 e. The van der Waals surface area contributed by atoms with Crippen LogP contribution in [-0.4, -0.2) is 15.0 Å². The molecule has 0 saturated heterocycles. The first-order chi connectivity index (χ1) is 7.18. The third-order valence-corrected chi connectivity index (χ3v) is 2.37. The third kappa shape index (κ3) is 2.04. The first-order valence-corrected chi connectivity index (χ1v) is 4.92. The molecule has 2 rings (SSSR count). The van der Waals surface area contributed by atoms with Gasteiger partial charge < -0.3 is 0 Å². The van der Waals surface area contributed by atoms with Gasteiger partial charge in [-0.3, -0.25) is 0 Å². The fraction of sp³-hybridized carbons (Fsp3) is 0.111. The van der Waals surface area contributed by atoms with Crippen molar-refractivity contribution in [3.63, 3.8) is 0 Å². The Bertz CT molecular complexity index is 470. The minimum atomic E-state index is -2.68. The van der Waals surface area contributed by atoms with E-state index in [0.717, 1.165) is 4.47 Å². The van der Waals surface area contributed by atoms with E-state index in [2.05, 4.69) is 26.2 Å². The second-order valence-corrected chi connectivity index (χ2v) is 3.77. The second kappa shape index (κ2) is 4.06. The summed E-state index contributed by atoms with van der Waals surface area (Å²) in [5, 5.41) is 6.79. The molecule has 0 aliphatic rings. The fourth-order valence-corrected chi connectivity index (χ4v) is 1.64. The van der Waals surface area contributed by atoms with E-state index < -0.39 is 6.55 Å². The van der Waals surface area contributed by atoms with Gasteiger partial charge in [-0.25, -0.2) is 0 Å². The summed E-state index contributed by atoms with van der Waals surface area (Å²) in [6, 6.07) is 7.04. The highest BCUT2D eigenvalue weighted by Crippen LogP contribution is 2.24. The van der Waals surface area contributed by atoms with Gasteiger partial charge in [0.25, 0.3) is 0 Å². The maximum atomic E-state index is 12.5. The Morgan fingerprint density at radius 1 is 1.33 bits per heavy atom. The molecular formula is C9H6BrF2N3. The van der Waals surface area contributed by atoms with Crippen LogP contribution in [0.5, 0.6) is 0 Å². The molecule has 15 heavy (non-hydrogen) atoms. The molecule has 1 heterocycles. The van der Waals surface area contributed by atoms with Crippen LogP contribution in [0.4, 0.5) is 8.78 Å². The van der Waals surface area contributed by atoms with Crippen LogP contribution in [0.15, 0.2) is 34.9 Å². The predicted octanol–water partition coefficient (Wildman–Crippen LogP) is 3.10. The highest BCUT2D eigenvalue weighted by Gasteiger charge is 2.14. The van der Waals surface area contributed by atoms with Crippen LogP contribution in [-0.2, 0) is 0 Å². The number of nitrogens with zero attached hydrogens (tertiary/aromatic N) is 3. The maximum absolute atomic E-state index is 12.5. The lowest BCUT2D eigenvalue weighted by Crippen LogP contribution is -2.02. The van der Waals surface area contributed by atoms with Gasteiger partial charge in [-0.05, 0) is 12.1 Å². The summed E-state index contributed by atoms with van der Waals surface area (Å²) in [7, 11) is 0. The van der Waals surface area contributed by atoms with E-state index in [4.69, 9.17) is 0 Å². The normalized spacial score (nSPS) is 10.9. The Kier molecular flexibility index (Phi) is 2.77. The molecule has 3 nitrogen and oxygen atoms in total. The molecular weight excluding hydrogens is 268 g/mol. The molecule has 1 aromatic heterocycles. The third-order valence-electron chi connectivity index (χ3n) is 1.88. The topological polar surface area (TPSA) is 30.7 Å². The maximum Gasteiger partial charge on any atom is 0.335 e. The van der Waals surface area contributed by atoms with Crippen molar-refractivity contribution in [1.29, 1.82) is 0 Å². The van der Waals surface area contributed by atoms with Crippen LogP contribution >= 0.6 is 15.9 Å². The number of alkyl halides is 2. The second-order valence-electron chi connectivity index (χ2n) is 2.85. The Balaban J connectivity index is 2.49. The van der Waals surface area contributed by atoms with Crippen LogP contribution in [0.25, 0.3) is 11.3 Å². The van der Waals surface area contributed by atoms with Crippen LogP contribution in [0, 0.1) is 0 Å². The Morgan fingerprint density at radius 2 is 2.13 bits per heavy atom. The summed E-state index contributed by atoms with van der Waals surface area (Å²) in [5.74, 6) is 0. The fourth-order valence-electron chi connectivity index (χ4n) is 1.24. The van der Waals surface area contributed by atoms with E-state index in [0.29, 0.717) is 15.9 Å². The summed E-state index contributed by atoms with van der Waals surface area (Å²) in [4.78, 5) is 0. The monoisotopic (exact) mass is 273 g/mol. The molecule has 2 aromatic rings. The summed E-state index contributed by atoms with van der Waals surface area (Å²) in [6.45, 7) is -2.68. The molecule has 0 aliphatic carbocycles. The van der Waals surface area contributed by atoms with Gasteiger partial charge in [-0.1, -0.05) is 33.3 Å². The van der Waals surface area contributed by atoms with Crippen molar-refractivity contribution in [2.24, 2.45) is 0 Å². The molecule has 0 radical (unpaired) electrons. The van der Waals surface area contributed by atoms with Crippen molar-refractivity contribution < 1.29 is 8.78 Å². The molecule has 0 aliphatic heterocycles. The van der Waals surface area contributed by atoms with Gasteiger partial charge in [0, 0.05) is 10.0 Å². The van der Waals surface area contributed by atoms with Crippen LogP contribution in [0.2, 0.25) is 0 Å². The lowest BCUT2D eigenvalue weighted by Gasteiger charge is -2.04. The van der Waals surface area contributed by atoms with Gasteiger partial charge in [-0.15, -0.1) is 5.10 Å². The van der Waals surface area contributed by atoms with E-state index in [1.165, 1.54) is 6.20 Å². The van der Waals surface area contributed by atoms with Gasteiger partial charge in [-0.2, -0.15) is 13.5 Å².